The van der Waals surface area contributed by atoms with Gasteiger partial charge in [-0.1, -0.05) is 30.1 Å². The molecule has 1 aliphatic rings. The van der Waals surface area contributed by atoms with Gasteiger partial charge in [0.25, 0.3) is 0 Å². The molecule has 19 heavy (non-hydrogen) atoms. The fourth-order valence-corrected chi connectivity index (χ4v) is 2.77. The van der Waals surface area contributed by atoms with Gasteiger partial charge in [0.1, 0.15) is 0 Å². The summed E-state index contributed by atoms with van der Waals surface area (Å²) in [4.78, 5) is 17.1. The standard InChI is InChI=1S/C13H17N3O2S/c1-2-11-10(5-7-18-11)12(17)16-13-15-8-9(19-13)4-3-6-14/h8,10-11H,2,5-7,14H2,1H3,(H,15,16,17). The average Bonchev–Trinajstić information content (AvgIpc) is 3.04. The first-order valence-electron chi connectivity index (χ1n) is 6.31. The highest BCUT2D eigenvalue weighted by Gasteiger charge is 2.33. The van der Waals surface area contributed by atoms with Crippen LogP contribution in [-0.2, 0) is 9.53 Å². The summed E-state index contributed by atoms with van der Waals surface area (Å²) in [7, 11) is 0. The van der Waals surface area contributed by atoms with Crippen molar-refractivity contribution in [2.45, 2.75) is 25.9 Å². The molecular formula is C13H17N3O2S. The Bertz CT molecular complexity index is 503. The number of carbonyl (C=O) groups is 1. The summed E-state index contributed by atoms with van der Waals surface area (Å²) in [5, 5.41) is 3.41. The third-order valence-corrected chi connectivity index (χ3v) is 3.83. The van der Waals surface area contributed by atoms with E-state index >= 15 is 0 Å². The second-order valence-corrected chi connectivity index (χ2v) is 5.27. The molecule has 0 aromatic carbocycles. The summed E-state index contributed by atoms with van der Waals surface area (Å²) in [6.07, 6.45) is 3.29. The molecule has 0 radical (unpaired) electrons. The fraction of sp³-hybridized carbons (Fsp3) is 0.538. The Kier molecular flexibility index (Phi) is 4.91. The zero-order valence-electron chi connectivity index (χ0n) is 10.8. The third kappa shape index (κ3) is 3.53. The van der Waals surface area contributed by atoms with Crippen LogP contribution in [-0.4, -0.2) is 30.1 Å². The molecule has 1 aromatic heterocycles. The van der Waals surface area contributed by atoms with Crippen LogP contribution in [0, 0.1) is 17.8 Å². The van der Waals surface area contributed by atoms with Crippen molar-refractivity contribution in [3.63, 3.8) is 0 Å². The number of nitrogens with one attached hydrogen (secondary N) is 1. The smallest absolute Gasteiger partial charge is 0.231 e. The highest BCUT2D eigenvalue weighted by atomic mass is 32.1. The van der Waals surface area contributed by atoms with E-state index in [0.717, 1.165) is 17.7 Å². The minimum absolute atomic E-state index is 0.0166. The molecule has 1 aromatic rings. The molecule has 2 heterocycles. The van der Waals surface area contributed by atoms with Gasteiger partial charge in [-0.3, -0.25) is 4.79 Å². The predicted octanol–water partition coefficient (Wildman–Crippen LogP) is 1.21. The summed E-state index contributed by atoms with van der Waals surface area (Å²) in [6.45, 7) is 3.00. The zero-order chi connectivity index (χ0) is 13.7. The summed E-state index contributed by atoms with van der Waals surface area (Å²) in [6, 6.07) is 0. The van der Waals surface area contributed by atoms with Crippen LogP contribution in [0.5, 0.6) is 0 Å². The third-order valence-electron chi connectivity index (χ3n) is 3.00. The number of hydrogen-bond acceptors (Lipinski definition) is 5. The van der Waals surface area contributed by atoms with Crippen molar-refractivity contribution in [1.29, 1.82) is 0 Å². The van der Waals surface area contributed by atoms with Gasteiger partial charge < -0.3 is 15.8 Å². The van der Waals surface area contributed by atoms with Gasteiger partial charge in [-0.2, -0.15) is 0 Å². The van der Waals surface area contributed by atoms with E-state index in [9.17, 15) is 4.79 Å². The monoisotopic (exact) mass is 279 g/mol. The second-order valence-electron chi connectivity index (χ2n) is 4.24. The highest BCUT2D eigenvalue weighted by molar-refractivity contribution is 7.16. The van der Waals surface area contributed by atoms with E-state index in [2.05, 4.69) is 22.1 Å². The number of nitrogens with two attached hydrogens (primary N) is 1. The Balaban J connectivity index is 1.97. The summed E-state index contributed by atoms with van der Waals surface area (Å²) in [5.41, 5.74) is 5.30. The normalized spacial score (nSPS) is 21.8. The first-order valence-corrected chi connectivity index (χ1v) is 7.13. The lowest BCUT2D eigenvalue weighted by Crippen LogP contribution is -2.29. The zero-order valence-corrected chi connectivity index (χ0v) is 11.6. The Morgan fingerprint density at radius 3 is 3.32 bits per heavy atom. The van der Waals surface area contributed by atoms with Crippen molar-refractivity contribution in [3.8, 4) is 11.8 Å². The van der Waals surface area contributed by atoms with E-state index in [1.165, 1.54) is 11.3 Å². The van der Waals surface area contributed by atoms with Gasteiger partial charge in [0, 0.05) is 6.61 Å². The van der Waals surface area contributed by atoms with E-state index < -0.39 is 0 Å². The van der Waals surface area contributed by atoms with Crippen molar-refractivity contribution in [1.82, 2.24) is 4.98 Å². The Labute approximate surface area is 116 Å². The number of amides is 1. The fourth-order valence-electron chi connectivity index (χ4n) is 2.08. The molecule has 2 rings (SSSR count). The molecule has 0 bridgehead atoms. The van der Waals surface area contributed by atoms with Gasteiger partial charge in [-0.05, 0) is 12.8 Å². The lowest BCUT2D eigenvalue weighted by Gasteiger charge is -2.15. The maximum absolute atomic E-state index is 12.1. The Morgan fingerprint density at radius 1 is 1.74 bits per heavy atom. The lowest BCUT2D eigenvalue weighted by atomic mass is 9.99. The number of nitrogens with zero attached hydrogens (tertiary/aromatic N) is 1. The molecule has 102 valence electrons. The molecule has 1 fully saturated rings. The van der Waals surface area contributed by atoms with Crippen molar-refractivity contribution >= 4 is 22.4 Å². The molecule has 0 saturated carbocycles. The van der Waals surface area contributed by atoms with Gasteiger partial charge in [-0.15, -0.1) is 0 Å². The minimum atomic E-state index is -0.0764. The molecule has 5 nitrogen and oxygen atoms in total. The molecule has 0 aliphatic carbocycles. The minimum Gasteiger partial charge on any atom is -0.377 e. The molecule has 1 saturated heterocycles. The van der Waals surface area contributed by atoms with Gasteiger partial charge in [0.15, 0.2) is 5.13 Å². The molecule has 1 aliphatic heterocycles. The van der Waals surface area contributed by atoms with E-state index in [-0.39, 0.29) is 17.9 Å². The molecular weight excluding hydrogens is 262 g/mol. The van der Waals surface area contributed by atoms with Gasteiger partial charge >= 0.3 is 0 Å². The largest absolute Gasteiger partial charge is 0.377 e. The van der Waals surface area contributed by atoms with Gasteiger partial charge in [0.2, 0.25) is 5.91 Å². The quantitative estimate of drug-likeness (QED) is 0.815. The molecule has 0 spiro atoms. The van der Waals surface area contributed by atoms with E-state index in [0.29, 0.717) is 18.3 Å². The van der Waals surface area contributed by atoms with Crippen molar-refractivity contribution < 1.29 is 9.53 Å². The predicted molar refractivity (Wildman–Crippen MR) is 74.8 cm³/mol. The maximum atomic E-state index is 12.1. The summed E-state index contributed by atoms with van der Waals surface area (Å²) >= 11 is 1.36. The number of carbonyl (C=O) groups excluding carboxylic acids is 1. The molecule has 2 atom stereocenters. The number of aromatic nitrogens is 1. The van der Waals surface area contributed by atoms with Crippen molar-refractivity contribution in [3.05, 3.63) is 11.1 Å². The van der Waals surface area contributed by atoms with Crippen LogP contribution in [0.4, 0.5) is 5.13 Å². The SMILES string of the molecule is CCC1OCCC1C(=O)Nc1ncc(C#CCN)s1. The number of hydrogen-bond donors (Lipinski definition) is 2. The second kappa shape index (κ2) is 6.66. The first-order chi connectivity index (χ1) is 9.24. The van der Waals surface area contributed by atoms with E-state index in [4.69, 9.17) is 10.5 Å². The summed E-state index contributed by atoms with van der Waals surface area (Å²) in [5.74, 6) is 5.56. The first kappa shape index (κ1) is 14.0. The van der Waals surface area contributed by atoms with E-state index in [1.54, 1.807) is 6.20 Å². The molecule has 2 unspecified atom stereocenters. The van der Waals surface area contributed by atoms with Crippen LogP contribution in [0.3, 0.4) is 0 Å². The van der Waals surface area contributed by atoms with Crippen LogP contribution in [0.1, 0.15) is 24.6 Å². The highest BCUT2D eigenvalue weighted by Crippen LogP contribution is 2.26. The van der Waals surface area contributed by atoms with Crippen LogP contribution in [0.25, 0.3) is 0 Å². The molecule has 3 N–H and O–H groups in total. The average molecular weight is 279 g/mol. The molecule has 1 amide bonds. The van der Waals surface area contributed by atoms with Crippen LogP contribution in [0.2, 0.25) is 0 Å². The van der Waals surface area contributed by atoms with E-state index in [1.807, 2.05) is 6.92 Å². The number of anilines is 1. The van der Waals surface area contributed by atoms with Crippen LogP contribution in [0.15, 0.2) is 6.20 Å². The van der Waals surface area contributed by atoms with Crippen molar-refractivity contribution in [2.75, 3.05) is 18.5 Å². The van der Waals surface area contributed by atoms with Crippen LogP contribution >= 0.6 is 11.3 Å². The number of rotatable bonds is 3. The lowest BCUT2D eigenvalue weighted by molar-refractivity contribution is -0.121. The van der Waals surface area contributed by atoms with Crippen LogP contribution < -0.4 is 11.1 Å². The van der Waals surface area contributed by atoms with Crippen molar-refractivity contribution in [2.24, 2.45) is 11.7 Å². The van der Waals surface area contributed by atoms with Gasteiger partial charge in [-0.25, -0.2) is 4.98 Å². The molecule has 6 heteroatoms. The Morgan fingerprint density at radius 2 is 2.58 bits per heavy atom. The number of ether oxygens (including phenoxy) is 1. The van der Waals surface area contributed by atoms with Gasteiger partial charge in [0.05, 0.1) is 29.6 Å². The number of thiazole rings is 1. The Hall–Kier alpha value is -1.42. The topological polar surface area (TPSA) is 77.2 Å². The summed E-state index contributed by atoms with van der Waals surface area (Å²) < 4.78 is 5.52. The maximum Gasteiger partial charge on any atom is 0.231 e.